The Morgan fingerprint density at radius 2 is 1.80 bits per heavy atom. The lowest BCUT2D eigenvalue weighted by Crippen LogP contribution is -2.49. The summed E-state index contributed by atoms with van der Waals surface area (Å²) < 4.78 is 0. The molecule has 0 bridgehead atoms. The van der Waals surface area contributed by atoms with Gasteiger partial charge in [-0.1, -0.05) is 24.6 Å². The molecule has 2 atom stereocenters. The molecule has 1 aromatic rings. The fourth-order valence-electron chi connectivity index (χ4n) is 3.92. The van der Waals surface area contributed by atoms with Crippen LogP contribution in [0.15, 0.2) is 30.3 Å². The van der Waals surface area contributed by atoms with Gasteiger partial charge in [-0.05, 0) is 50.3 Å². The Morgan fingerprint density at radius 1 is 1.08 bits per heavy atom. The third-order valence-corrected chi connectivity index (χ3v) is 5.45. The van der Waals surface area contributed by atoms with Crippen molar-refractivity contribution in [3.63, 3.8) is 0 Å². The van der Waals surface area contributed by atoms with Crippen LogP contribution in [0.3, 0.4) is 0 Å². The summed E-state index contributed by atoms with van der Waals surface area (Å²) in [5.41, 5.74) is 6.58. The number of carbonyl (C=O) groups is 2. The molecule has 2 aliphatic rings. The summed E-state index contributed by atoms with van der Waals surface area (Å²) in [6.45, 7) is 1.92. The molecule has 1 saturated heterocycles. The van der Waals surface area contributed by atoms with Gasteiger partial charge in [0, 0.05) is 30.7 Å². The first-order valence-electron chi connectivity index (χ1n) is 9.29. The highest BCUT2D eigenvalue weighted by atomic mass is 16.2. The maximum absolute atomic E-state index is 12.5. The predicted octanol–water partition coefficient (Wildman–Crippen LogP) is 2.17. The fraction of sp³-hybridized carbons (Fsp3) is 0.579. The summed E-state index contributed by atoms with van der Waals surface area (Å²) in [7, 11) is 0. The number of anilines is 1. The van der Waals surface area contributed by atoms with Crippen LogP contribution in [0, 0.1) is 11.8 Å². The van der Waals surface area contributed by atoms with Crippen LogP contribution in [-0.4, -0.2) is 42.5 Å². The van der Waals surface area contributed by atoms with E-state index in [0.717, 1.165) is 37.8 Å². The number of amides is 3. The van der Waals surface area contributed by atoms with E-state index in [1.54, 1.807) is 0 Å². The van der Waals surface area contributed by atoms with Crippen molar-refractivity contribution in [1.82, 2.24) is 10.2 Å². The number of hydrogen-bond acceptors (Lipinski definition) is 3. The van der Waals surface area contributed by atoms with Crippen LogP contribution in [0.5, 0.6) is 0 Å². The van der Waals surface area contributed by atoms with E-state index in [0.29, 0.717) is 25.6 Å². The van der Waals surface area contributed by atoms with E-state index in [-0.39, 0.29) is 23.9 Å². The standard InChI is InChI=1S/C19H28N4O2/c20-13-14-5-4-8-17(14)18(24)21-16-9-11-23(12-10-16)19(25)22-15-6-2-1-3-7-15/h1-3,6-7,14,16-17H,4-5,8-13,20H2,(H,21,24)(H,22,25)/t14-,17-/m1/s1. The van der Waals surface area contributed by atoms with Gasteiger partial charge in [-0.25, -0.2) is 4.79 Å². The van der Waals surface area contributed by atoms with Crippen molar-refractivity contribution in [3.8, 4) is 0 Å². The van der Waals surface area contributed by atoms with E-state index >= 15 is 0 Å². The second-order valence-electron chi connectivity index (χ2n) is 7.10. The molecule has 6 nitrogen and oxygen atoms in total. The van der Waals surface area contributed by atoms with Gasteiger partial charge < -0.3 is 21.3 Å². The zero-order chi connectivity index (χ0) is 17.6. The Morgan fingerprint density at radius 3 is 2.48 bits per heavy atom. The van der Waals surface area contributed by atoms with Crippen molar-refractivity contribution >= 4 is 17.6 Å². The molecule has 1 saturated carbocycles. The van der Waals surface area contributed by atoms with Crippen LogP contribution in [0.25, 0.3) is 0 Å². The van der Waals surface area contributed by atoms with Crippen LogP contribution in [0.2, 0.25) is 0 Å². The van der Waals surface area contributed by atoms with Gasteiger partial charge in [0.15, 0.2) is 0 Å². The van der Waals surface area contributed by atoms with Crippen molar-refractivity contribution in [1.29, 1.82) is 0 Å². The van der Waals surface area contributed by atoms with Crippen molar-refractivity contribution in [2.75, 3.05) is 25.0 Å². The first-order valence-corrected chi connectivity index (χ1v) is 9.29. The number of hydrogen-bond donors (Lipinski definition) is 3. The maximum atomic E-state index is 12.5. The lowest BCUT2D eigenvalue weighted by atomic mass is 9.94. The number of likely N-dealkylation sites (tertiary alicyclic amines) is 1. The van der Waals surface area contributed by atoms with Gasteiger partial charge in [0.25, 0.3) is 0 Å². The number of nitrogens with zero attached hydrogens (tertiary/aromatic N) is 1. The van der Waals surface area contributed by atoms with Gasteiger partial charge in [0.2, 0.25) is 5.91 Å². The number of para-hydroxylation sites is 1. The molecule has 1 aromatic carbocycles. The number of urea groups is 1. The molecule has 0 unspecified atom stereocenters. The van der Waals surface area contributed by atoms with Gasteiger partial charge in [0.05, 0.1) is 0 Å². The Balaban J connectivity index is 1.44. The Labute approximate surface area is 149 Å². The Bertz CT molecular complexity index is 584. The van der Waals surface area contributed by atoms with E-state index in [1.165, 1.54) is 0 Å². The molecule has 3 amide bonds. The molecule has 1 aliphatic heterocycles. The van der Waals surface area contributed by atoms with Gasteiger partial charge >= 0.3 is 6.03 Å². The average molecular weight is 344 g/mol. The predicted molar refractivity (Wildman–Crippen MR) is 98.1 cm³/mol. The number of benzene rings is 1. The molecule has 0 spiro atoms. The van der Waals surface area contributed by atoms with Crippen LogP contribution in [-0.2, 0) is 4.79 Å². The molecule has 4 N–H and O–H groups in total. The van der Waals surface area contributed by atoms with Crippen molar-refractivity contribution in [2.45, 2.75) is 38.1 Å². The lowest BCUT2D eigenvalue weighted by molar-refractivity contribution is -0.126. The third-order valence-electron chi connectivity index (χ3n) is 5.45. The van der Waals surface area contributed by atoms with Crippen LogP contribution in [0.4, 0.5) is 10.5 Å². The lowest BCUT2D eigenvalue weighted by Gasteiger charge is -2.33. The number of nitrogens with two attached hydrogens (primary N) is 1. The number of rotatable bonds is 4. The minimum atomic E-state index is -0.0741. The second-order valence-corrected chi connectivity index (χ2v) is 7.10. The van der Waals surface area contributed by atoms with E-state index in [1.807, 2.05) is 35.2 Å². The minimum Gasteiger partial charge on any atom is -0.353 e. The monoisotopic (exact) mass is 344 g/mol. The third kappa shape index (κ3) is 4.51. The number of piperidine rings is 1. The van der Waals surface area contributed by atoms with Gasteiger partial charge in [-0.3, -0.25) is 4.79 Å². The highest BCUT2D eigenvalue weighted by Crippen LogP contribution is 2.31. The average Bonchev–Trinajstić information content (AvgIpc) is 3.12. The van der Waals surface area contributed by atoms with Crippen LogP contribution in [0.1, 0.15) is 32.1 Å². The zero-order valence-electron chi connectivity index (χ0n) is 14.6. The molecule has 0 aromatic heterocycles. The van der Waals surface area contributed by atoms with Gasteiger partial charge in [0.1, 0.15) is 0 Å². The molecule has 3 rings (SSSR count). The van der Waals surface area contributed by atoms with Crippen LogP contribution >= 0.6 is 0 Å². The first-order chi connectivity index (χ1) is 12.2. The van der Waals surface area contributed by atoms with Gasteiger partial charge in [-0.15, -0.1) is 0 Å². The van der Waals surface area contributed by atoms with Crippen molar-refractivity contribution < 1.29 is 9.59 Å². The van der Waals surface area contributed by atoms with E-state index < -0.39 is 0 Å². The second kappa shape index (κ2) is 8.34. The summed E-state index contributed by atoms with van der Waals surface area (Å²) in [5, 5.41) is 6.09. The summed E-state index contributed by atoms with van der Waals surface area (Å²) in [6.07, 6.45) is 4.71. The van der Waals surface area contributed by atoms with Crippen LogP contribution < -0.4 is 16.4 Å². The SMILES string of the molecule is NC[C@H]1CCC[C@H]1C(=O)NC1CCN(C(=O)Nc2ccccc2)CC1. The largest absolute Gasteiger partial charge is 0.353 e. The molecular weight excluding hydrogens is 316 g/mol. The van der Waals surface area contributed by atoms with E-state index in [9.17, 15) is 9.59 Å². The minimum absolute atomic E-state index is 0.0735. The molecule has 6 heteroatoms. The highest BCUT2D eigenvalue weighted by Gasteiger charge is 2.33. The topological polar surface area (TPSA) is 87.5 Å². The molecule has 1 heterocycles. The molecule has 136 valence electrons. The molecule has 1 aliphatic carbocycles. The summed E-state index contributed by atoms with van der Waals surface area (Å²) >= 11 is 0. The molecule has 0 radical (unpaired) electrons. The fourth-order valence-corrected chi connectivity index (χ4v) is 3.92. The van der Waals surface area contributed by atoms with E-state index in [2.05, 4.69) is 10.6 Å². The summed E-state index contributed by atoms with van der Waals surface area (Å²) in [4.78, 5) is 26.6. The number of nitrogens with one attached hydrogen (secondary N) is 2. The molecule has 25 heavy (non-hydrogen) atoms. The highest BCUT2D eigenvalue weighted by molar-refractivity contribution is 5.89. The van der Waals surface area contributed by atoms with Gasteiger partial charge in [-0.2, -0.15) is 0 Å². The number of carbonyl (C=O) groups excluding carboxylic acids is 2. The molecular formula is C19H28N4O2. The van der Waals surface area contributed by atoms with Crippen molar-refractivity contribution in [2.24, 2.45) is 17.6 Å². The Hall–Kier alpha value is -2.08. The smallest absolute Gasteiger partial charge is 0.321 e. The summed E-state index contributed by atoms with van der Waals surface area (Å²) in [6, 6.07) is 9.55. The van der Waals surface area contributed by atoms with Crippen molar-refractivity contribution in [3.05, 3.63) is 30.3 Å². The van der Waals surface area contributed by atoms with E-state index in [4.69, 9.17) is 5.73 Å². The quantitative estimate of drug-likeness (QED) is 0.782. The molecule has 2 fully saturated rings. The normalized spacial score (nSPS) is 24.1. The zero-order valence-corrected chi connectivity index (χ0v) is 14.6. The first kappa shape index (κ1) is 17.7. The maximum Gasteiger partial charge on any atom is 0.321 e. The summed E-state index contributed by atoms with van der Waals surface area (Å²) in [5.74, 6) is 0.557. The Kier molecular flexibility index (Phi) is 5.91.